The van der Waals surface area contributed by atoms with Crippen LogP contribution in [0, 0.1) is 6.92 Å². The third-order valence-corrected chi connectivity index (χ3v) is 3.64. The highest BCUT2D eigenvalue weighted by Gasteiger charge is 2.14. The zero-order chi connectivity index (χ0) is 12.4. The average molecular weight is 312 g/mol. The van der Waals surface area contributed by atoms with Crippen molar-refractivity contribution in [2.45, 2.75) is 6.92 Å². The van der Waals surface area contributed by atoms with Crippen LogP contribution >= 0.6 is 27.3 Å². The van der Waals surface area contributed by atoms with Crippen LogP contribution < -0.4 is 11.1 Å². The minimum absolute atomic E-state index is 0.181. The fourth-order valence-electron chi connectivity index (χ4n) is 1.35. The number of benzene rings is 1. The van der Waals surface area contributed by atoms with E-state index in [1.165, 1.54) is 11.3 Å². The number of rotatable bonds is 2. The number of aromatic nitrogens is 1. The lowest BCUT2D eigenvalue weighted by Gasteiger charge is -2.03. The number of nitrogens with zero attached hydrogens (tertiary/aromatic N) is 1. The number of thiazole rings is 1. The van der Waals surface area contributed by atoms with Gasteiger partial charge in [-0.3, -0.25) is 4.79 Å². The summed E-state index contributed by atoms with van der Waals surface area (Å²) in [6.07, 6.45) is 0. The van der Waals surface area contributed by atoms with Gasteiger partial charge in [0.2, 0.25) is 0 Å². The Bertz CT molecular complexity index is 550. The molecule has 17 heavy (non-hydrogen) atoms. The molecule has 2 aromatic rings. The molecule has 0 aliphatic rings. The van der Waals surface area contributed by atoms with Crippen molar-refractivity contribution in [3.8, 4) is 0 Å². The van der Waals surface area contributed by atoms with Gasteiger partial charge in [0.1, 0.15) is 4.88 Å². The SMILES string of the molecule is Cc1nc(N)sc1C(=O)Nc1ccc(Br)cc1. The first-order valence-corrected chi connectivity index (χ1v) is 6.47. The van der Waals surface area contributed by atoms with Gasteiger partial charge in [-0.15, -0.1) is 0 Å². The summed E-state index contributed by atoms with van der Waals surface area (Å²) in [6, 6.07) is 7.37. The van der Waals surface area contributed by atoms with E-state index < -0.39 is 0 Å². The van der Waals surface area contributed by atoms with Gasteiger partial charge < -0.3 is 11.1 Å². The molecule has 0 aliphatic carbocycles. The number of hydrogen-bond acceptors (Lipinski definition) is 4. The molecule has 2 rings (SSSR count). The predicted octanol–water partition coefficient (Wildman–Crippen LogP) is 3.05. The highest BCUT2D eigenvalue weighted by atomic mass is 79.9. The molecule has 6 heteroatoms. The van der Waals surface area contributed by atoms with E-state index in [-0.39, 0.29) is 5.91 Å². The molecule has 3 N–H and O–H groups in total. The van der Waals surface area contributed by atoms with Gasteiger partial charge in [-0.25, -0.2) is 4.98 Å². The van der Waals surface area contributed by atoms with Crippen LogP contribution in [0.5, 0.6) is 0 Å². The Hall–Kier alpha value is -1.40. The second-order valence-electron chi connectivity index (χ2n) is 3.43. The largest absolute Gasteiger partial charge is 0.375 e. The fraction of sp³-hybridized carbons (Fsp3) is 0.0909. The van der Waals surface area contributed by atoms with Crippen molar-refractivity contribution in [2.75, 3.05) is 11.1 Å². The lowest BCUT2D eigenvalue weighted by Crippen LogP contribution is -2.11. The van der Waals surface area contributed by atoms with Gasteiger partial charge in [0.25, 0.3) is 5.91 Å². The van der Waals surface area contributed by atoms with Crippen LogP contribution in [0.2, 0.25) is 0 Å². The van der Waals surface area contributed by atoms with E-state index in [0.717, 1.165) is 10.2 Å². The normalized spacial score (nSPS) is 10.2. The summed E-state index contributed by atoms with van der Waals surface area (Å²) in [5.41, 5.74) is 6.95. The van der Waals surface area contributed by atoms with E-state index in [9.17, 15) is 4.79 Å². The Morgan fingerprint density at radius 2 is 2.06 bits per heavy atom. The quantitative estimate of drug-likeness (QED) is 0.895. The van der Waals surface area contributed by atoms with Crippen molar-refractivity contribution < 1.29 is 4.79 Å². The van der Waals surface area contributed by atoms with E-state index in [1.807, 2.05) is 24.3 Å². The van der Waals surface area contributed by atoms with Crippen molar-refractivity contribution >= 4 is 44.0 Å². The molecule has 4 nitrogen and oxygen atoms in total. The van der Waals surface area contributed by atoms with E-state index in [4.69, 9.17) is 5.73 Å². The molecule has 1 aromatic carbocycles. The summed E-state index contributed by atoms with van der Waals surface area (Å²) in [4.78, 5) is 16.5. The summed E-state index contributed by atoms with van der Waals surface area (Å²) >= 11 is 4.52. The van der Waals surface area contributed by atoms with Crippen LogP contribution in [0.1, 0.15) is 15.4 Å². The van der Waals surface area contributed by atoms with Crippen LogP contribution in [0.15, 0.2) is 28.7 Å². The Morgan fingerprint density at radius 1 is 1.41 bits per heavy atom. The molecule has 0 saturated heterocycles. The molecule has 0 bridgehead atoms. The lowest BCUT2D eigenvalue weighted by molar-refractivity contribution is 0.103. The first-order valence-electron chi connectivity index (χ1n) is 4.86. The summed E-state index contributed by atoms with van der Waals surface area (Å²) < 4.78 is 0.966. The highest BCUT2D eigenvalue weighted by Crippen LogP contribution is 2.21. The molecule has 1 amide bonds. The molecule has 0 radical (unpaired) electrons. The van der Waals surface area contributed by atoms with Crippen molar-refractivity contribution in [3.63, 3.8) is 0 Å². The first-order chi connectivity index (χ1) is 8.06. The Balaban J connectivity index is 2.17. The molecule has 88 valence electrons. The van der Waals surface area contributed by atoms with Gasteiger partial charge in [-0.1, -0.05) is 27.3 Å². The Kier molecular flexibility index (Phi) is 3.44. The van der Waals surface area contributed by atoms with E-state index in [1.54, 1.807) is 6.92 Å². The Labute approximate surface area is 111 Å². The summed E-state index contributed by atoms with van der Waals surface area (Å²) in [5, 5.41) is 3.20. The topological polar surface area (TPSA) is 68.0 Å². The maximum Gasteiger partial charge on any atom is 0.267 e. The highest BCUT2D eigenvalue weighted by molar-refractivity contribution is 9.10. The summed E-state index contributed by atoms with van der Waals surface area (Å²) in [5.74, 6) is -0.181. The van der Waals surface area contributed by atoms with Gasteiger partial charge in [0, 0.05) is 10.2 Å². The third kappa shape index (κ3) is 2.83. The Morgan fingerprint density at radius 3 is 2.59 bits per heavy atom. The van der Waals surface area contributed by atoms with Crippen LogP contribution in [0.3, 0.4) is 0 Å². The molecule has 0 unspecified atom stereocenters. The number of carbonyl (C=O) groups is 1. The third-order valence-electron chi connectivity index (χ3n) is 2.12. The van der Waals surface area contributed by atoms with Gasteiger partial charge in [-0.05, 0) is 31.2 Å². The molecule has 1 heterocycles. The van der Waals surface area contributed by atoms with E-state index in [2.05, 4.69) is 26.2 Å². The van der Waals surface area contributed by atoms with Crippen molar-refractivity contribution in [1.29, 1.82) is 0 Å². The van der Waals surface area contributed by atoms with E-state index in [0.29, 0.717) is 15.7 Å². The van der Waals surface area contributed by atoms with Gasteiger partial charge >= 0.3 is 0 Å². The maximum atomic E-state index is 11.9. The average Bonchev–Trinajstić information content (AvgIpc) is 2.61. The minimum Gasteiger partial charge on any atom is -0.375 e. The van der Waals surface area contributed by atoms with E-state index >= 15 is 0 Å². The molecule has 0 atom stereocenters. The molecule has 0 aliphatic heterocycles. The van der Waals surface area contributed by atoms with Gasteiger partial charge in [0.15, 0.2) is 5.13 Å². The molecule has 0 fully saturated rings. The van der Waals surface area contributed by atoms with Gasteiger partial charge in [0.05, 0.1) is 5.69 Å². The molecule has 0 spiro atoms. The number of amides is 1. The molecular formula is C11H10BrN3OS. The standard InChI is InChI=1S/C11H10BrN3OS/c1-6-9(17-11(13)14-6)10(16)15-8-4-2-7(12)3-5-8/h2-5H,1H3,(H2,13,14)(H,15,16). The lowest BCUT2D eigenvalue weighted by atomic mass is 10.3. The maximum absolute atomic E-state index is 11.9. The van der Waals surface area contributed by atoms with Crippen LogP contribution in [0.4, 0.5) is 10.8 Å². The second kappa shape index (κ2) is 4.85. The zero-order valence-corrected chi connectivity index (χ0v) is 11.4. The molecule has 0 saturated carbocycles. The fourth-order valence-corrected chi connectivity index (χ4v) is 2.34. The molecular weight excluding hydrogens is 302 g/mol. The number of halogens is 1. The second-order valence-corrected chi connectivity index (χ2v) is 5.37. The van der Waals surface area contributed by atoms with Crippen LogP contribution in [0.25, 0.3) is 0 Å². The number of nitrogens with two attached hydrogens (primary N) is 1. The first kappa shape index (κ1) is 12.1. The number of carbonyl (C=O) groups excluding carboxylic acids is 1. The minimum atomic E-state index is -0.181. The van der Waals surface area contributed by atoms with Crippen molar-refractivity contribution in [2.24, 2.45) is 0 Å². The van der Waals surface area contributed by atoms with Crippen LogP contribution in [-0.4, -0.2) is 10.9 Å². The number of anilines is 2. The molecule has 1 aromatic heterocycles. The summed E-state index contributed by atoms with van der Waals surface area (Å²) in [7, 11) is 0. The number of aryl methyl sites for hydroxylation is 1. The number of nitrogen functional groups attached to an aromatic ring is 1. The monoisotopic (exact) mass is 311 g/mol. The number of hydrogen-bond donors (Lipinski definition) is 2. The van der Waals surface area contributed by atoms with Gasteiger partial charge in [-0.2, -0.15) is 0 Å². The summed E-state index contributed by atoms with van der Waals surface area (Å²) in [6.45, 7) is 1.77. The van der Waals surface area contributed by atoms with Crippen LogP contribution in [-0.2, 0) is 0 Å². The zero-order valence-electron chi connectivity index (χ0n) is 9.03. The predicted molar refractivity (Wildman–Crippen MR) is 73.4 cm³/mol. The number of nitrogens with one attached hydrogen (secondary N) is 1. The van der Waals surface area contributed by atoms with Crippen molar-refractivity contribution in [3.05, 3.63) is 39.3 Å². The van der Waals surface area contributed by atoms with Crippen molar-refractivity contribution in [1.82, 2.24) is 4.98 Å². The smallest absolute Gasteiger partial charge is 0.267 e.